The molecule has 4 rings (SSSR count). The molecular weight excluding hydrogens is 535 g/mol. The molecule has 8 nitrogen and oxygen atoms in total. The average Bonchev–Trinajstić information content (AvgIpc) is 2.95. The third-order valence-corrected chi connectivity index (χ3v) is 6.95. The maximum Gasteiger partial charge on any atom is 0.416 e. The molecule has 1 aromatic heterocycles. The third-order valence-electron chi connectivity index (χ3n) is 6.95. The normalized spacial score (nSPS) is 14.5. The van der Waals surface area contributed by atoms with E-state index in [-0.39, 0.29) is 47.1 Å². The first-order chi connectivity index (χ1) is 19.5. The van der Waals surface area contributed by atoms with Crippen LogP contribution in [-0.2, 0) is 23.9 Å². The van der Waals surface area contributed by atoms with Crippen molar-refractivity contribution >= 4 is 17.5 Å². The molecule has 2 aromatic carbocycles. The predicted molar refractivity (Wildman–Crippen MR) is 149 cm³/mol. The molecule has 0 atom stereocenters. The summed E-state index contributed by atoms with van der Waals surface area (Å²) in [4.78, 5) is 37.0. The lowest BCUT2D eigenvalue weighted by atomic mass is 9.97. The standard InChI is InChI=1S/C30H32F3N5O3/c1-4-28(40)36-27-17-29(35-19-34-27)41-26-16-22(8-6-20(26)3)25(39)15-21-7-9-23(24(14-21)30(31,32)33)18-38-12-10-37(5-2)11-13-38/h4,6-9,14,16-17,19H,1,5,10-13,15,18H2,2-3H3,(H,34,35,36,40). The maximum atomic E-state index is 14.0. The van der Waals surface area contributed by atoms with Gasteiger partial charge in [-0.1, -0.05) is 37.8 Å². The molecule has 1 amide bonds. The Morgan fingerprint density at radius 2 is 1.78 bits per heavy atom. The van der Waals surface area contributed by atoms with Gasteiger partial charge in [0, 0.05) is 50.8 Å². The van der Waals surface area contributed by atoms with Gasteiger partial charge in [-0.05, 0) is 48.4 Å². The number of hydrogen-bond acceptors (Lipinski definition) is 7. The van der Waals surface area contributed by atoms with Crippen molar-refractivity contribution in [3.05, 3.63) is 89.3 Å². The first-order valence-corrected chi connectivity index (χ1v) is 13.3. The Morgan fingerprint density at radius 3 is 2.46 bits per heavy atom. The van der Waals surface area contributed by atoms with Gasteiger partial charge in [0.15, 0.2) is 5.78 Å². The number of benzene rings is 2. The van der Waals surface area contributed by atoms with Crippen molar-refractivity contribution in [3.8, 4) is 11.6 Å². The van der Waals surface area contributed by atoms with Gasteiger partial charge in [0.05, 0.1) is 5.56 Å². The molecule has 1 saturated heterocycles. The number of hydrogen-bond donors (Lipinski definition) is 1. The minimum absolute atomic E-state index is 0.133. The maximum absolute atomic E-state index is 14.0. The van der Waals surface area contributed by atoms with Crippen molar-refractivity contribution in [1.82, 2.24) is 19.8 Å². The molecule has 0 spiro atoms. The van der Waals surface area contributed by atoms with E-state index in [4.69, 9.17) is 4.74 Å². The van der Waals surface area contributed by atoms with Crippen LogP contribution in [-0.4, -0.2) is 64.2 Å². The van der Waals surface area contributed by atoms with E-state index in [1.807, 2.05) is 4.90 Å². The first-order valence-electron chi connectivity index (χ1n) is 13.3. The summed E-state index contributed by atoms with van der Waals surface area (Å²) in [6, 6.07) is 10.4. The lowest BCUT2D eigenvalue weighted by Crippen LogP contribution is -2.45. The van der Waals surface area contributed by atoms with Crippen molar-refractivity contribution in [2.75, 3.05) is 38.0 Å². The Bertz CT molecular complexity index is 1420. The second-order valence-electron chi connectivity index (χ2n) is 9.82. The van der Waals surface area contributed by atoms with E-state index in [1.165, 1.54) is 24.5 Å². The van der Waals surface area contributed by atoms with Crippen LogP contribution in [0.1, 0.15) is 39.5 Å². The minimum atomic E-state index is -4.54. The molecule has 3 aromatic rings. The minimum Gasteiger partial charge on any atom is -0.439 e. The van der Waals surface area contributed by atoms with Crippen LogP contribution in [0, 0.1) is 6.92 Å². The Hall–Kier alpha value is -4.09. The SMILES string of the molecule is C=CC(=O)Nc1cc(Oc2cc(C(=O)Cc3ccc(CN4CCN(CC)CC4)c(C(F)(F)F)c3)ccc2C)ncn1. The van der Waals surface area contributed by atoms with Gasteiger partial charge in [-0.2, -0.15) is 13.2 Å². The zero-order valence-corrected chi connectivity index (χ0v) is 23.0. The van der Waals surface area contributed by atoms with Gasteiger partial charge in [-0.25, -0.2) is 9.97 Å². The smallest absolute Gasteiger partial charge is 0.416 e. The Morgan fingerprint density at radius 1 is 1.05 bits per heavy atom. The van der Waals surface area contributed by atoms with Gasteiger partial charge in [-0.15, -0.1) is 0 Å². The number of carbonyl (C=O) groups is 2. The predicted octanol–water partition coefficient (Wildman–Crippen LogP) is 5.28. The summed E-state index contributed by atoms with van der Waals surface area (Å²) in [5.41, 5.74) is 0.768. The molecule has 216 valence electrons. The molecule has 0 unspecified atom stereocenters. The van der Waals surface area contributed by atoms with E-state index in [1.54, 1.807) is 25.1 Å². The molecule has 0 saturated carbocycles. The van der Waals surface area contributed by atoms with Crippen molar-refractivity contribution in [3.63, 3.8) is 0 Å². The number of ether oxygens (including phenoxy) is 1. The molecule has 1 N–H and O–H groups in total. The number of aromatic nitrogens is 2. The van der Waals surface area contributed by atoms with Crippen LogP contribution in [0.5, 0.6) is 11.6 Å². The highest BCUT2D eigenvalue weighted by molar-refractivity contribution is 5.98. The summed E-state index contributed by atoms with van der Waals surface area (Å²) in [6.45, 7) is 11.5. The molecule has 2 heterocycles. The number of anilines is 1. The first kappa shape index (κ1) is 29.9. The molecule has 1 aliphatic rings. The molecule has 0 aliphatic carbocycles. The van der Waals surface area contributed by atoms with Crippen LogP contribution in [0.4, 0.5) is 19.0 Å². The number of halogens is 3. The van der Waals surface area contributed by atoms with Gasteiger partial charge in [0.25, 0.3) is 0 Å². The molecule has 0 bridgehead atoms. The summed E-state index contributed by atoms with van der Waals surface area (Å²) in [5, 5.41) is 2.51. The number of Topliss-reactive ketones (excluding diaryl/α,β-unsaturated/α-hetero) is 1. The fraction of sp³-hybridized carbons (Fsp3) is 0.333. The Labute approximate surface area is 236 Å². The van der Waals surface area contributed by atoms with E-state index >= 15 is 0 Å². The summed E-state index contributed by atoms with van der Waals surface area (Å²) < 4.78 is 47.9. The van der Waals surface area contributed by atoms with Crippen LogP contribution < -0.4 is 10.1 Å². The molecular formula is C30H32F3N5O3. The molecule has 1 fully saturated rings. The van der Waals surface area contributed by atoms with Gasteiger partial charge in [0.1, 0.15) is 17.9 Å². The number of amides is 1. The monoisotopic (exact) mass is 567 g/mol. The van der Waals surface area contributed by atoms with Crippen LogP contribution in [0.3, 0.4) is 0 Å². The third kappa shape index (κ3) is 7.99. The molecule has 1 aliphatic heterocycles. The Balaban J connectivity index is 1.49. The fourth-order valence-electron chi connectivity index (χ4n) is 4.56. The Kier molecular flexibility index (Phi) is 9.51. The number of carbonyl (C=O) groups excluding carboxylic acids is 2. The second-order valence-corrected chi connectivity index (χ2v) is 9.82. The fourth-order valence-corrected chi connectivity index (χ4v) is 4.56. The van der Waals surface area contributed by atoms with Gasteiger partial charge in [-0.3, -0.25) is 14.5 Å². The van der Waals surface area contributed by atoms with E-state index in [0.717, 1.165) is 31.8 Å². The highest BCUT2D eigenvalue weighted by atomic mass is 19.4. The highest BCUT2D eigenvalue weighted by Gasteiger charge is 2.34. The quantitative estimate of drug-likeness (QED) is 0.263. The van der Waals surface area contributed by atoms with E-state index in [0.29, 0.717) is 24.4 Å². The zero-order valence-electron chi connectivity index (χ0n) is 23.0. The lowest BCUT2D eigenvalue weighted by molar-refractivity contribution is -0.138. The van der Waals surface area contributed by atoms with Crippen molar-refractivity contribution < 1.29 is 27.5 Å². The lowest BCUT2D eigenvalue weighted by Gasteiger charge is -2.34. The van der Waals surface area contributed by atoms with E-state index in [9.17, 15) is 22.8 Å². The summed E-state index contributed by atoms with van der Waals surface area (Å²) >= 11 is 0. The number of ketones is 1. The van der Waals surface area contributed by atoms with Crippen molar-refractivity contribution in [1.29, 1.82) is 0 Å². The summed E-state index contributed by atoms with van der Waals surface area (Å²) in [6.07, 6.45) is -2.43. The van der Waals surface area contributed by atoms with Crippen LogP contribution in [0.15, 0.2) is 61.4 Å². The van der Waals surface area contributed by atoms with Crippen LogP contribution in [0.2, 0.25) is 0 Å². The number of nitrogens with zero attached hydrogens (tertiary/aromatic N) is 4. The number of likely N-dealkylation sites (N-methyl/N-ethyl adjacent to an activating group) is 1. The van der Waals surface area contributed by atoms with Crippen molar-refractivity contribution in [2.45, 2.75) is 33.0 Å². The molecule has 0 radical (unpaired) electrons. The largest absolute Gasteiger partial charge is 0.439 e. The zero-order chi connectivity index (χ0) is 29.6. The van der Waals surface area contributed by atoms with Gasteiger partial charge >= 0.3 is 6.18 Å². The van der Waals surface area contributed by atoms with Crippen LogP contribution >= 0.6 is 0 Å². The van der Waals surface area contributed by atoms with Gasteiger partial charge < -0.3 is 15.0 Å². The average molecular weight is 568 g/mol. The number of alkyl halides is 3. The van der Waals surface area contributed by atoms with E-state index in [2.05, 4.69) is 33.7 Å². The molecule has 41 heavy (non-hydrogen) atoms. The number of rotatable bonds is 10. The second kappa shape index (κ2) is 13.0. The number of nitrogens with one attached hydrogen (secondary N) is 1. The number of aryl methyl sites for hydroxylation is 1. The van der Waals surface area contributed by atoms with Gasteiger partial charge in [0.2, 0.25) is 11.8 Å². The highest BCUT2D eigenvalue weighted by Crippen LogP contribution is 2.34. The summed E-state index contributed by atoms with van der Waals surface area (Å²) in [5.74, 6) is -0.126. The topological polar surface area (TPSA) is 87.7 Å². The number of piperazine rings is 1. The van der Waals surface area contributed by atoms with Crippen molar-refractivity contribution in [2.24, 2.45) is 0 Å². The van der Waals surface area contributed by atoms with E-state index < -0.39 is 17.6 Å². The van der Waals surface area contributed by atoms with Crippen LogP contribution in [0.25, 0.3) is 0 Å². The molecule has 11 heteroatoms. The summed E-state index contributed by atoms with van der Waals surface area (Å²) in [7, 11) is 0.